The quantitative estimate of drug-likeness (QED) is 0.663. The van der Waals surface area contributed by atoms with Crippen molar-refractivity contribution >= 4 is 17.5 Å². The van der Waals surface area contributed by atoms with Crippen molar-refractivity contribution in [3.63, 3.8) is 0 Å². The molecule has 0 radical (unpaired) electrons. The second-order valence-corrected chi connectivity index (χ2v) is 10.2. The summed E-state index contributed by atoms with van der Waals surface area (Å²) in [5, 5.41) is 6.19. The standard InChI is InChI=1S/C24H38N4O2/c1-24(2,3)15-22(29)26-21-14-17(10-11-18(21)16-28-12-6-7-13-28)23(30)27-20-9-5-4-8-19(20)25/h10-11,14,19-20H,4-9,12-13,15-16,25H2,1-3H3,(H,26,29)(H,27,30). The van der Waals surface area contributed by atoms with E-state index in [4.69, 9.17) is 5.73 Å². The zero-order valence-electron chi connectivity index (χ0n) is 18.8. The molecule has 2 aliphatic rings. The lowest BCUT2D eigenvalue weighted by molar-refractivity contribution is -0.117. The van der Waals surface area contributed by atoms with Gasteiger partial charge in [-0.15, -0.1) is 0 Å². The summed E-state index contributed by atoms with van der Waals surface area (Å²) in [6, 6.07) is 5.72. The maximum Gasteiger partial charge on any atom is 0.251 e. The van der Waals surface area contributed by atoms with E-state index in [2.05, 4.69) is 36.3 Å². The molecule has 1 aliphatic heterocycles. The molecule has 0 aromatic heterocycles. The number of amides is 2. The molecule has 6 nitrogen and oxygen atoms in total. The first-order chi connectivity index (χ1) is 14.2. The van der Waals surface area contributed by atoms with Crippen molar-refractivity contribution in [3.05, 3.63) is 29.3 Å². The maximum atomic E-state index is 12.9. The highest BCUT2D eigenvalue weighted by molar-refractivity contribution is 5.98. The fraction of sp³-hybridized carbons (Fsp3) is 0.667. The number of hydrogen-bond acceptors (Lipinski definition) is 4. The van der Waals surface area contributed by atoms with Gasteiger partial charge in [0.05, 0.1) is 0 Å². The van der Waals surface area contributed by atoms with Crippen molar-refractivity contribution < 1.29 is 9.59 Å². The minimum Gasteiger partial charge on any atom is -0.348 e. The Morgan fingerprint density at radius 1 is 1.10 bits per heavy atom. The number of anilines is 1. The van der Waals surface area contributed by atoms with Crippen molar-refractivity contribution in [2.24, 2.45) is 11.1 Å². The SMILES string of the molecule is CC(C)(C)CC(=O)Nc1cc(C(=O)NC2CCCCC2N)ccc1CN1CCCC1. The zero-order valence-corrected chi connectivity index (χ0v) is 18.8. The van der Waals surface area contributed by atoms with Crippen LogP contribution in [0.2, 0.25) is 0 Å². The van der Waals surface area contributed by atoms with Gasteiger partial charge >= 0.3 is 0 Å². The van der Waals surface area contributed by atoms with Crippen LogP contribution in [0.15, 0.2) is 18.2 Å². The third kappa shape index (κ3) is 6.54. The first-order valence-corrected chi connectivity index (χ1v) is 11.4. The van der Waals surface area contributed by atoms with Gasteiger partial charge in [0.1, 0.15) is 0 Å². The lowest BCUT2D eigenvalue weighted by Crippen LogP contribution is -2.49. The third-order valence-electron chi connectivity index (χ3n) is 6.07. The molecule has 6 heteroatoms. The molecule has 30 heavy (non-hydrogen) atoms. The molecule has 3 rings (SSSR count). The van der Waals surface area contributed by atoms with Gasteiger partial charge in [-0.2, -0.15) is 0 Å². The number of carbonyl (C=O) groups excluding carboxylic acids is 2. The smallest absolute Gasteiger partial charge is 0.251 e. The monoisotopic (exact) mass is 414 g/mol. The molecule has 1 aliphatic carbocycles. The van der Waals surface area contributed by atoms with Gasteiger partial charge in [0, 0.05) is 36.3 Å². The first-order valence-electron chi connectivity index (χ1n) is 11.4. The van der Waals surface area contributed by atoms with Crippen molar-refractivity contribution in [1.29, 1.82) is 0 Å². The van der Waals surface area contributed by atoms with Crippen LogP contribution in [-0.4, -0.2) is 41.9 Å². The molecular formula is C24H38N4O2. The molecule has 1 aromatic carbocycles. The van der Waals surface area contributed by atoms with Crippen molar-refractivity contribution in [3.8, 4) is 0 Å². The van der Waals surface area contributed by atoms with Gasteiger partial charge in [0.15, 0.2) is 0 Å². The number of rotatable bonds is 6. The van der Waals surface area contributed by atoms with E-state index in [0.717, 1.165) is 56.6 Å². The van der Waals surface area contributed by atoms with Crippen LogP contribution in [0.3, 0.4) is 0 Å². The number of nitrogens with one attached hydrogen (secondary N) is 2. The van der Waals surface area contributed by atoms with E-state index in [1.54, 1.807) is 0 Å². The molecule has 0 spiro atoms. The third-order valence-corrected chi connectivity index (χ3v) is 6.07. The highest BCUT2D eigenvalue weighted by Gasteiger charge is 2.25. The normalized spacial score (nSPS) is 22.7. The molecule has 2 unspecified atom stereocenters. The van der Waals surface area contributed by atoms with Crippen molar-refractivity contribution in [1.82, 2.24) is 10.2 Å². The van der Waals surface area contributed by atoms with Crippen LogP contribution in [0.5, 0.6) is 0 Å². The van der Waals surface area contributed by atoms with E-state index >= 15 is 0 Å². The Balaban J connectivity index is 1.76. The number of nitrogens with two attached hydrogens (primary N) is 1. The van der Waals surface area contributed by atoms with Gasteiger partial charge in [-0.05, 0) is 61.9 Å². The van der Waals surface area contributed by atoms with Crippen LogP contribution in [-0.2, 0) is 11.3 Å². The predicted molar refractivity (Wildman–Crippen MR) is 121 cm³/mol. The van der Waals surface area contributed by atoms with Crippen LogP contribution in [0.4, 0.5) is 5.69 Å². The molecule has 1 saturated heterocycles. The Labute approximate surface area is 181 Å². The molecule has 1 aromatic rings. The molecule has 4 N–H and O–H groups in total. The van der Waals surface area contributed by atoms with E-state index in [1.165, 1.54) is 12.8 Å². The zero-order chi connectivity index (χ0) is 21.7. The summed E-state index contributed by atoms with van der Waals surface area (Å²) >= 11 is 0. The summed E-state index contributed by atoms with van der Waals surface area (Å²) in [5.74, 6) is -0.131. The van der Waals surface area contributed by atoms with Crippen molar-refractivity contribution in [2.75, 3.05) is 18.4 Å². The lowest BCUT2D eigenvalue weighted by atomic mass is 9.91. The van der Waals surface area contributed by atoms with E-state index in [-0.39, 0.29) is 29.3 Å². The summed E-state index contributed by atoms with van der Waals surface area (Å²) < 4.78 is 0. The maximum absolute atomic E-state index is 12.9. The van der Waals surface area contributed by atoms with Crippen LogP contribution < -0.4 is 16.4 Å². The Bertz CT molecular complexity index is 750. The first kappa shape index (κ1) is 22.8. The molecule has 2 fully saturated rings. The fourth-order valence-corrected chi connectivity index (χ4v) is 4.42. The van der Waals surface area contributed by atoms with Crippen molar-refractivity contribution in [2.45, 2.75) is 84.3 Å². The lowest BCUT2D eigenvalue weighted by Gasteiger charge is -2.29. The van der Waals surface area contributed by atoms with Crippen LogP contribution in [0.25, 0.3) is 0 Å². The van der Waals surface area contributed by atoms with E-state index in [0.29, 0.717) is 12.0 Å². The van der Waals surface area contributed by atoms with Gasteiger partial charge in [0.25, 0.3) is 5.91 Å². The summed E-state index contributed by atoms with van der Waals surface area (Å²) in [6.07, 6.45) is 6.97. The molecular weight excluding hydrogens is 376 g/mol. The van der Waals surface area contributed by atoms with Gasteiger partial charge in [-0.3, -0.25) is 14.5 Å². The average molecular weight is 415 g/mol. The summed E-state index contributed by atoms with van der Waals surface area (Å²) in [4.78, 5) is 27.9. The minimum absolute atomic E-state index is 0.0166. The Kier molecular flexibility index (Phi) is 7.53. The molecule has 166 valence electrons. The van der Waals surface area contributed by atoms with Crippen LogP contribution >= 0.6 is 0 Å². The number of carbonyl (C=O) groups is 2. The van der Waals surface area contributed by atoms with E-state index in [1.807, 2.05) is 18.2 Å². The van der Waals surface area contributed by atoms with Gasteiger partial charge in [-0.1, -0.05) is 39.7 Å². The molecule has 2 amide bonds. The minimum atomic E-state index is -0.114. The van der Waals surface area contributed by atoms with E-state index < -0.39 is 0 Å². The number of likely N-dealkylation sites (tertiary alicyclic amines) is 1. The highest BCUT2D eigenvalue weighted by atomic mass is 16.2. The largest absolute Gasteiger partial charge is 0.348 e. The summed E-state index contributed by atoms with van der Waals surface area (Å²) in [5.41, 5.74) is 8.49. The van der Waals surface area contributed by atoms with Gasteiger partial charge in [0.2, 0.25) is 5.91 Å². The second kappa shape index (κ2) is 9.92. The van der Waals surface area contributed by atoms with Crippen LogP contribution in [0.1, 0.15) is 81.6 Å². The number of benzene rings is 1. The van der Waals surface area contributed by atoms with Crippen LogP contribution in [0, 0.1) is 5.41 Å². The number of hydrogen-bond donors (Lipinski definition) is 3. The summed E-state index contributed by atoms with van der Waals surface area (Å²) in [7, 11) is 0. The second-order valence-electron chi connectivity index (χ2n) is 10.2. The Morgan fingerprint density at radius 3 is 2.47 bits per heavy atom. The fourth-order valence-electron chi connectivity index (χ4n) is 4.42. The van der Waals surface area contributed by atoms with Gasteiger partial charge < -0.3 is 16.4 Å². The Morgan fingerprint density at radius 2 is 1.80 bits per heavy atom. The molecule has 0 bridgehead atoms. The van der Waals surface area contributed by atoms with E-state index in [9.17, 15) is 9.59 Å². The van der Waals surface area contributed by atoms with Gasteiger partial charge in [-0.25, -0.2) is 0 Å². The summed E-state index contributed by atoms with van der Waals surface area (Å²) in [6.45, 7) is 9.11. The molecule has 1 saturated carbocycles. The highest BCUT2D eigenvalue weighted by Crippen LogP contribution is 2.25. The number of nitrogens with zero attached hydrogens (tertiary/aromatic N) is 1. The Hall–Kier alpha value is -1.92. The molecule has 2 atom stereocenters. The topological polar surface area (TPSA) is 87.5 Å². The molecule has 1 heterocycles. The predicted octanol–water partition coefficient (Wildman–Crippen LogP) is 3.66. The average Bonchev–Trinajstić information content (AvgIpc) is 3.16.